The van der Waals surface area contributed by atoms with Crippen LogP contribution in [0.2, 0.25) is 0 Å². The highest BCUT2D eigenvalue weighted by Crippen LogP contribution is 2.46. The summed E-state index contributed by atoms with van der Waals surface area (Å²) in [5.74, 6) is 2.63. The molecule has 0 aliphatic heterocycles. The normalized spacial score (nSPS) is 11.7. The molecule has 0 saturated heterocycles. The van der Waals surface area contributed by atoms with Gasteiger partial charge in [0, 0.05) is 99.2 Å². The summed E-state index contributed by atoms with van der Waals surface area (Å²) in [5.41, 5.74) is 26.4. The first-order valence-electron chi connectivity index (χ1n) is 40.7. The van der Waals surface area contributed by atoms with Crippen molar-refractivity contribution >= 4 is 109 Å². The SMILES string of the molecule is c1ccc(-c2cccc(-n3c4ccccc4c4ccc5c(c6ccccc6n5-c5ccc6ccc(-c7nc(-c8ccccc8)cc(-c8ccccc8)n7)cc6c5)c43)c2)cc1.c1ccc(-c2cccc(-n3c4ccccc4c4ccc5c(c6ccccc6n5-c5ccc6ccc(-c7nc(-c8ccccc8)nc(-c8ccccc8)n7)cc6c5)c43)c2)cc1. The fraction of sp³-hybridized carbons (Fsp3) is 0. The van der Waals surface area contributed by atoms with E-state index in [9.17, 15) is 0 Å². The molecule has 6 aromatic heterocycles. The first-order chi connectivity index (χ1) is 59.5. The van der Waals surface area contributed by atoms with E-state index in [1.165, 1.54) is 87.4 Å². The average Bonchev–Trinajstić information content (AvgIpc) is 1.55. The molecule has 0 bridgehead atoms. The van der Waals surface area contributed by atoms with Crippen LogP contribution >= 0.6 is 0 Å². The summed E-state index contributed by atoms with van der Waals surface area (Å²) in [5, 5.41) is 14.4. The monoisotopic (exact) mass is 1530 g/mol. The summed E-state index contributed by atoms with van der Waals surface area (Å²) in [7, 11) is 0. The largest absolute Gasteiger partial charge is 0.309 e. The molecule has 0 saturated carbocycles. The summed E-state index contributed by atoms with van der Waals surface area (Å²) >= 11 is 0. The third-order valence-corrected chi connectivity index (χ3v) is 23.6. The molecule has 0 spiro atoms. The van der Waals surface area contributed by atoms with Gasteiger partial charge in [-0.2, -0.15) is 0 Å². The van der Waals surface area contributed by atoms with Crippen molar-refractivity contribution in [1.82, 2.24) is 43.2 Å². The van der Waals surface area contributed by atoms with Crippen LogP contribution in [-0.2, 0) is 0 Å². The van der Waals surface area contributed by atoms with Crippen molar-refractivity contribution in [3.05, 3.63) is 431 Å². The van der Waals surface area contributed by atoms with Crippen LogP contribution in [0.25, 0.3) is 222 Å². The molecule has 18 aromatic carbocycles. The number of aromatic nitrogens is 9. The number of nitrogens with zero attached hydrogens (tertiary/aromatic N) is 9. The molecule has 560 valence electrons. The Labute approximate surface area is 691 Å². The second-order valence-corrected chi connectivity index (χ2v) is 30.7. The van der Waals surface area contributed by atoms with E-state index in [-0.39, 0.29) is 0 Å². The molecule has 0 N–H and O–H groups in total. The molecule has 6 heterocycles. The average molecular weight is 1530 g/mol. The number of hydrogen-bond acceptors (Lipinski definition) is 5. The van der Waals surface area contributed by atoms with Crippen LogP contribution in [0.4, 0.5) is 0 Å². The van der Waals surface area contributed by atoms with Crippen molar-refractivity contribution < 1.29 is 0 Å². The van der Waals surface area contributed by atoms with Gasteiger partial charge < -0.3 is 18.3 Å². The van der Waals surface area contributed by atoms with E-state index in [1.54, 1.807) is 0 Å². The predicted molar refractivity (Wildman–Crippen MR) is 498 cm³/mol. The summed E-state index contributed by atoms with van der Waals surface area (Å²) < 4.78 is 9.78. The van der Waals surface area contributed by atoms with Crippen molar-refractivity contribution in [2.45, 2.75) is 0 Å². The van der Waals surface area contributed by atoms with Crippen LogP contribution in [0.15, 0.2) is 431 Å². The Hall–Kier alpha value is -16.2. The van der Waals surface area contributed by atoms with Gasteiger partial charge in [-0.15, -0.1) is 0 Å². The molecule has 120 heavy (non-hydrogen) atoms. The third kappa shape index (κ3) is 12.0. The van der Waals surface area contributed by atoms with Crippen LogP contribution in [0.3, 0.4) is 0 Å². The van der Waals surface area contributed by atoms with Crippen molar-refractivity contribution in [1.29, 1.82) is 0 Å². The third-order valence-electron chi connectivity index (χ3n) is 23.6. The van der Waals surface area contributed by atoms with E-state index in [4.69, 9.17) is 24.9 Å². The number of hydrogen-bond donors (Lipinski definition) is 0. The van der Waals surface area contributed by atoms with Crippen molar-refractivity contribution in [3.63, 3.8) is 0 Å². The lowest BCUT2D eigenvalue weighted by Crippen LogP contribution is -2.00. The molecule has 0 radical (unpaired) electrons. The Bertz CT molecular complexity index is 7540. The van der Waals surface area contributed by atoms with Crippen LogP contribution in [0.5, 0.6) is 0 Å². The van der Waals surface area contributed by atoms with E-state index in [0.717, 1.165) is 111 Å². The van der Waals surface area contributed by atoms with Crippen molar-refractivity contribution in [2.75, 3.05) is 0 Å². The zero-order valence-corrected chi connectivity index (χ0v) is 65.0. The molecule has 0 unspecified atom stereocenters. The maximum Gasteiger partial charge on any atom is 0.164 e. The summed E-state index contributed by atoms with van der Waals surface area (Å²) in [4.78, 5) is 25.3. The molecule has 24 aromatic rings. The summed E-state index contributed by atoms with van der Waals surface area (Å²) in [6, 6.07) is 153. The lowest BCUT2D eigenvalue weighted by Gasteiger charge is -2.12. The lowest BCUT2D eigenvalue weighted by molar-refractivity contribution is 1.07. The number of benzene rings is 18. The predicted octanol–water partition coefficient (Wildman–Crippen LogP) is 28.4. The zero-order chi connectivity index (χ0) is 79.1. The second kappa shape index (κ2) is 28.9. The molecule has 9 heteroatoms. The van der Waals surface area contributed by atoms with Gasteiger partial charge in [-0.3, -0.25) is 0 Å². The quantitative estimate of drug-likeness (QED) is 0.122. The van der Waals surface area contributed by atoms with E-state index in [1.807, 2.05) is 72.8 Å². The number of rotatable bonds is 12. The van der Waals surface area contributed by atoms with Gasteiger partial charge in [0.1, 0.15) is 0 Å². The van der Waals surface area contributed by atoms with E-state index in [0.29, 0.717) is 23.3 Å². The highest BCUT2D eigenvalue weighted by Gasteiger charge is 2.25. The topological polar surface area (TPSA) is 84.2 Å². The molecule has 0 fully saturated rings. The smallest absolute Gasteiger partial charge is 0.164 e. The molecule has 0 aliphatic carbocycles. The molecular formula is C111H71N9. The Kier molecular flexibility index (Phi) is 16.7. The molecular weight excluding hydrogens is 1460 g/mol. The Morgan fingerprint density at radius 3 is 0.858 bits per heavy atom. The maximum absolute atomic E-state index is 5.14. The standard InChI is InChI=1S/C56H36N4.C55H35N5/c1-4-15-37(16-5-1)41-21-14-22-44(34-41)60-51-25-12-10-23-46(51)47-31-32-53-54(55(47)60)48-24-11-13-26-52(48)59(53)45-30-29-38-27-28-42(33-43(38)35-45)56-57-49(39-17-6-2-7-18-39)36-50(58-56)40-19-8-3-9-20-40;1-4-15-36(16-5-1)40-21-14-22-43(34-40)60-48-25-12-10-23-45(48)46-31-32-50-51(52(46)60)47-24-11-13-26-49(47)59(50)44-30-29-37-27-28-41(33-42(37)35-44)55-57-53(38-17-6-2-7-18-38)56-54(58-55)39-19-8-3-9-20-39/h1-36H;1-35H. The van der Waals surface area contributed by atoms with Crippen LogP contribution < -0.4 is 0 Å². The first-order valence-corrected chi connectivity index (χ1v) is 40.7. The minimum absolute atomic E-state index is 0.637. The fourth-order valence-corrected chi connectivity index (χ4v) is 18.1. The van der Waals surface area contributed by atoms with Gasteiger partial charge in [-0.25, -0.2) is 24.9 Å². The minimum atomic E-state index is 0.637. The lowest BCUT2D eigenvalue weighted by atomic mass is 10.0. The molecule has 0 amide bonds. The molecule has 24 rings (SSSR count). The van der Waals surface area contributed by atoms with Crippen molar-refractivity contribution in [3.8, 4) is 113 Å². The van der Waals surface area contributed by atoms with Gasteiger partial charge in [-0.1, -0.05) is 328 Å². The molecule has 0 atom stereocenters. The summed E-state index contributed by atoms with van der Waals surface area (Å²) in [6.07, 6.45) is 0. The highest BCUT2D eigenvalue weighted by molar-refractivity contribution is 6.28. The maximum atomic E-state index is 5.14. The Morgan fingerprint density at radius 1 is 0.150 bits per heavy atom. The molecule has 9 nitrogen and oxygen atoms in total. The highest BCUT2D eigenvalue weighted by atomic mass is 15.0. The first kappa shape index (κ1) is 69.3. The van der Waals surface area contributed by atoms with Crippen LogP contribution in [-0.4, -0.2) is 43.2 Å². The van der Waals surface area contributed by atoms with Crippen LogP contribution in [0, 0.1) is 0 Å². The fourth-order valence-electron chi connectivity index (χ4n) is 18.1. The number of para-hydroxylation sites is 4. The van der Waals surface area contributed by atoms with E-state index >= 15 is 0 Å². The van der Waals surface area contributed by atoms with Gasteiger partial charge in [0.2, 0.25) is 0 Å². The van der Waals surface area contributed by atoms with Gasteiger partial charge in [0.05, 0.1) is 55.5 Å². The van der Waals surface area contributed by atoms with Gasteiger partial charge in [-0.05, 0) is 147 Å². The van der Waals surface area contributed by atoms with Gasteiger partial charge >= 0.3 is 0 Å². The Morgan fingerprint density at radius 2 is 0.458 bits per heavy atom. The minimum Gasteiger partial charge on any atom is -0.309 e. The Balaban J connectivity index is 0.000000140. The van der Waals surface area contributed by atoms with Gasteiger partial charge in [0.15, 0.2) is 23.3 Å². The summed E-state index contributed by atoms with van der Waals surface area (Å²) in [6.45, 7) is 0. The zero-order valence-electron chi connectivity index (χ0n) is 65.0. The second-order valence-electron chi connectivity index (χ2n) is 30.7. The van der Waals surface area contributed by atoms with Gasteiger partial charge in [0.25, 0.3) is 0 Å². The van der Waals surface area contributed by atoms with Crippen molar-refractivity contribution in [2.24, 2.45) is 0 Å². The number of fused-ring (bicyclic) bond motifs is 16. The van der Waals surface area contributed by atoms with E-state index in [2.05, 4.69) is 376 Å². The van der Waals surface area contributed by atoms with E-state index < -0.39 is 0 Å². The molecule has 0 aliphatic rings. The van der Waals surface area contributed by atoms with Crippen LogP contribution in [0.1, 0.15) is 0 Å².